The highest BCUT2D eigenvalue weighted by Gasteiger charge is 2.20. The van der Waals surface area contributed by atoms with E-state index in [0.717, 1.165) is 38.0 Å². The molecule has 2 amide bonds. The number of hydrogen-bond donors (Lipinski definition) is 3. The number of nitrogens with one attached hydrogen (secondary N) is 2. The van der Waals surface area contributed by atoms with Crippen LogP contribution >= 0.6 is 0 Å². The topological polar surface area (TPSA) is 90.7 Å². The molecule has 0 aliphatic heterocycles. The van der Waals surface area contributed by atoms with Gasteiger partial charge in [-0.3, -0.25) is 14.5 Å². The summed E-state index contributed by atoms with van der Waals surface area (Å²) in [4.78, 5) is 29.1. The fourth-order valence-corrected chi connectivity index (χ4v) is 3.98. The van der Waals surface area contributed by atoms with Crippen molar-refractivity contribution >= 4 is 17.5 Å². The lowest BCUT2D eigenvalue weighted by Gasteiger charge is -2.31. The highest BCUT2D eigenvalue weighted by molar-refractivity contribution is 6.39. The Morgan fingerprint density at radius 2 is 1.73 bits per heavy atom. The van der Waals surface area contributed by atoms with Gasteiger partial charge in [0.2, 0.25) is 0 Å². The summed E-state index contributed by atoms with van der Waals surface area (Å²) in [6.45, 7) is 3.72. The molecule has 0 spiro atoms. The Labute approximate surface area is 181 Å². The number of amides is 2. The van der Waals surface area contributed by atoms with Crippen LogP contribution in [0.15, 0.2) is 24.3 Å². The van der Waals surface area contributed by atoms with Crippen LogP contribution in [-0.2, 0) is 16.1 Å². The molecule has 1 aromatic rings. The van der Waals surface area contributed by atoms with Crippen molar-refractivity contribution in [3.63, 3.8) is 0 Å². The second-order valence-electron chi connectivity index (χ2n) is 8.37. The van der Waals surface area contributed by atoms with Gasteiger partial charge in [-0.05, 0) is 71.0 Å². The number of nitrogens with zero attached hydrogens (tertiary/aromatic N) is 2. The summed E-state index contributed by atoms with van der Waals surface area (Å²) in [5, 5.41) is 5.51. The molecule has 1 fully saturated rings. The Hall–Kier alpha value is -1.96. The van der Waals surface area contributed by atoms with Gasteiger partial charge in [0, 0.05) is 24.8 Å². The van der Waals surface area contributed by atoms with Crippen molar-refractivity contribution in [1.82, 2.24) is 15.1 Å². The molecule has 0 radical (unpaired) electrons. The summed E-state index contributed by atoms with van der Waals surface area (Å²) >= 11 is 0. The number of hydrogen-bond acceptors (Lipinski definition) is 5. The van der Waals surface area contributed by atoms with Crippen molar-refractivity contribution in [2.45, 2.75) is 57.5 Å². The van der Waals surface area contributed by atoms with Crippen LogP contribution in [0, 0.1) is 0 Å². The standard InChI is InChI=1S/C23H39N5O2/c1-27(16-8-14-24)17-9-15-25-22(29)23(30)26-21-13-7-6-10-19(21)18-28(2)20-11-4-3-5-12-20/h6-7,10,13,20H,3-5,8-9,11-12,14-18,24H2,1-2H3,(H,25,29)(H,26,30). The molecule has 1 aromatic carbocycles. The number of carbonyl (C=O) groups is 2. The quantitative estimate of drug-likeness (QED) is 0.379. The normalized spacial score (nSPS) is 14.8. The number of rotatable bonds is 11. The van der Waals surface area contributed by atoms with Gasteiger partial charge >= 0.3 is 11.8 Å². The summed E-state index contributed by atoms with van der Waals surface area (Å²) in [5.74, 6) is -1.20. The third-order valence-electron chi connectivity index (χ3n) is 5.84. The van der Waals surface area contributed by atoms with Gasteiger partial charge in [0.25, 0.3) is 0 Å². The van der Waals surface area contributed by atoms with Gasteiger partial charge in [0.15, 0.2) is 0 Å². The first-order valence-corrected chi connectivity index (χ1v) is 11.3. The predicted molar refractivity (Wildman–Crippen MR) is 122 cm³/mol. The number of anilines is 1. The number of benzene rings is 1. The second kappa shape index (κ2) is 13.4. The third-order valence-corrected chi connectivity index (χ3v) is 5.84. The van der Waals surface area contributed by atoms with E-state index in [0.29, 0.717) is 24.8 Å². The first-order valence-electron chi connectivity index (χ1n) is 11.3. The summed E-state index contributed by atoms with van der Waals surface area (Å²) in [6, 6.07) is 8.33. The van der Waals surface area contributed by atoms with E-state index in [2.05, 4.69) is 27.5 Å². The van der Waals surface area contributed by atoms with Crippen LogP contribution in [0.2, 0.25) is 0 Å². The highest BCUT2D eigenvalue weighted by Crippen LogP contribution is 2.24. The molecule has 4 N–H and O–H groups in total. The number of nitrogens with two attached hydrogens (primary N) is 1. The van der Waals surface area contributed by atoms with E-state index in [1.807, 2.05) is 31.3 Å². The van der Waals surface area contributed by atoms with E-state index in [1.54, 1.807) is 0 Å². The minimum Gasteiger partial charge on any atom is -0.348 e. The van der Waals surface area contributed by atoms with Gasteiger partial charge < -0.3 is 21.3 Å². The van der Waals surface area contributed by atoms with Crippen molar-refractivity contribution in [1.29, 1.82) is 0 Å². The Balaban J connectivity index is 1.79. The molecule has 0 aromatic heterocycles. The number of para-hydroxylation sites is 1. The molecule has 0 atom stereocenters. The second-order valence-corrected chi connectivity index (χ2v) is 8.37. The predicted octanol–water partition coefficient (Wildman–Crippen LogP) is 2.18. The first-order chi connectivity index (χ1) is 14.5. The van der Waals surface area contributed by atoms with E-state index < -0.39 is 11.8 Å². The van der Waals surface area contributed by atoms with E-state index in [1.165, 1.54) is 32.1 Å². The Kier molecular flexibility index (Phi) is 10.8. The fourth-order valence-electron chi connectivity index (χ4n) is 3.98. The molecule has 168 valence electrons. The maximum atomic E-state index is 12.4. The molecule has 1 aliphatic carbocycles. The van der Waals surface area contributed by atoms with Gasteiger partial charge in [-0.25, -0.2) is 0 Å². The zero-order valence-corrected chi connectivity index (χ0v) is 18.7. The van der Waals surface area contributed by atoms with Crippen LogP contribution in [0.1, 0.15) is 50.5 Å². The van der Waals surface area contributed by atoms with Crippen LogP contribution in [0.5, 0.6) is 0 Å². The van der Waals surface area contributed by atoms with Crippen LogP contribution in [0.3, 0.4) is 0 Å². The molecule has 0 unspecified atom stereocenters. The zero-order valence-electron chi connectivity index (χ0n) is 18.7. The molecule has 7 nitrogen and oxygen atoms in total. The van der Waals surface area contributed by atoms with Gasteiger partial charge in [-0.1, -0.05) is 37.5 Å². The molecule has 2 rings (SSSR count). The lowest BCUT2D eigenvalue weighted by molar-refractivity contribution is -0.136. The van der Waals surface area contributed by atoms with Gasteiger partial charge in [0.05, 0.1) is 0 Å². The fraction of sp³-hybridized carbons (Fsp3) is 0.652. The Bertz CT molecular complexity index is 661. The monoisotopic (exact) mass is 417 g/mol. The SMILES string of the molecule is CN(CCCN)CCCNC(=O)C(=O)Nc1ccccc1CN(C)C1CCCCC1. The van der Waals surface area contributed by atoms with Crippen molar-refractivity contribution in [2.75, 3.05) is 45.6 Å². The first kappa shape index (κ1) is 24.3. The lowest BCUT2D eigenvalue weighted by Crippen LogP contribution is -2.37. The molecule has 30 heavy (non-hydrogen) atoms. The molecule has 0 saturated heterocycles. The van der Waals surface area contributed by atoms with E-state index >= 15 is 0 Å². The Morgan fingerprint density at radius 3 is 2.47 bits per heavy atom. The van der Waals surface area contributed by atoms with E-state index in [4.69, 9.17) is 5.73 Å². The van der Waals surface area contributed by atoms with Gasteiger partial charge in [-0.2, -0.15) is 0 Å². The minimum atomic E-state index is -0.612. The van der Waals surface area contributed by atoms with Crippen molar-refractivity contribution in [3.05, 3.63) is 29.8 Å². The molecule has 0 heterocycles. The maximum Gasteiger partial charge on any atom is 0.313 e. The summed E-state index contributed by atoms with van der Waals surface area (Å²) in [6.07, 6.45) is 8.12. The zero-order chi connectivity index (χ0) is 21.8. The number of carbonyl (C=O) groups excluding carboxylic acids is 2. The maximum absolute atomic E-state index is 12.4. The molecular formula is C23H39N5O2. The molecular weight excluding hydrogens is 378 g/mol. The van der Waals surface area contributed by atoms with Crippen molar-refractivity contribution in [3.8, 4) is 0 Å². The van der Waals surface area contributed by atoms with Crippen LogP contribution in [0.4, 0.5) is 5.69 Å². The van der Waals surface area contributed by atoms with Crippen LogP contribution < -0.4 is 16.4 Å². The molecule has 0 bridgehead atoms. The summed E-state index contributed by atoms with van der Waals surface area (Å²) < 4.78 is 0. The van der Waals surface area contributed by atoms with Gasteiger partial charge in [-0.15, -0.1) is 0 Å². The van der Waals surface area contributed by atoms with Crippen molar-refractivity contribution < 1.29 is 9.59 Å². The Morgan fingerprint density at radius 1 is 1.03 bits per heavy atom. The smallest absolute Gasteiger partial charge is 0.313 e. The van der Waals surface area contributed by atoms with Crippen LogP contribution in [0.25, 0.3) is 0 Å². The van der Waals surface area contributed by atoms with E-state index in [-0.39, 0.29) is 0 Å². The molecule has 1 saturated carbocycles. The summed E-state index contributed by atoms with van der Waals surface area (Å²) in [7, 11) is 4.18. The van der Waals surface area contributed by atoms with Gasteiger partial charge in [0.1, 0.15) is 0 Å². The summed E-state index contributed by atoms with van der Waals surface area (Å²) in [5.41, 5.74) is 7.26. The third kappa shape index (κ3) is 8.42. The minimum absolute atomic E-state index is 0.477. The lowest BCUT2D eigenvalue weighted by atomic mass is 9.94. The molecule has 7 heteroatoms. The largest absolute Gasteiger partial charge is 0.348 e. The average molecular weight is 418 g/mol. The highest BCUT2D eigenvalue weighted by atomic mass is 16.2. The van der Waals surface area contributed by atoms with E-state index in [9.17, 15) is 9.59 Å². The average Bonchev–Trinajstić information content (AvgIpc) is 2.76. The van der Waals surface area contributed by atoms with Crippen molar-refractivity contribution in [2.24, 2.45) is 5.73 Å². The molecule has 1 aliphatic rings. The van der Waals surface area contributed by atoms with Crippen LogP contribution in [-0.4, -0.2) is 67.9 Å².